The van der Waals surface area contributed by atoms with Crippen LogP contribution in [0, 0.1) is 0 Å². The first kappa shape index (κ1) is 19.5. The van der Waals surface area contributed by atoms with Crippen LogP contribution >= 0.6 is 11.6 Å². The monoisotopic (exact) mass is 432 g/mol. The lowest BCUT2D eigenvalue weighted by molar-refractivity contribution is 0.0931. The highest BCUT2D eigenvalue weighted by molar-refractivity contribution is 6.30. The number of nitrogens with zero attached hydrogens (tertiary/aromatic N) is 5. The molecule has 0 atom stereocenters. The molecule has 7 nitrogen and oxygen atoms in total. The Morgan fingerprint density at radius 2 is 1.77 bits per heavy atom. The quantitative estimate of drug-likeness (QED) is 0.530. The maximum atomic E-state index is 12.5. The van der Waals surface area contributed by atoms with E-state index in [0.29, 0.717) is 16.2 Å². The zero-order valence-electron chi connectivity index (χ0n) is 16.8. The fourth-order valence-corrected chi connectivity index (χ4v) is 4.06. The Morgan fingerprint density at radius 1 is 0.968 bits per heavy atom. The fourth-order valence-electron chi connectivity index (χ4n) is 3.87. The first-order chi connectivity index (χ1) is 15.2. The molecule has 0 saturated carbocycles. The number of hydrogen-bond donors (Lipinski definition) is 1. The van der Waals surface area contributed by atoms with E-state index in [1.807, 2.05) is 42.5 Å². The summed E-state index contributed by atoms with van der Waals surface area (Å²) < 4.78 is 1.79. The predicted octanol–water partition coefficient (Wildman–Crippen LogP) is 3.84. The van der Waals surface area contributed by atoms with Crippen molar-refractivity contribution >= 4 is 29.0 Å². The van der Waals surface area contributed by atoms with Gasteiger partial charge in [-0.05, 0) is 43.2 Å². The molecule has 8 heteroatoms. The highest BCUT2D eigenvalue weighted by Crippen LogP contribution is 2.22. The van der Waals surface area contributed by atoms with Crippen molar-refractivity contribution in [2.75, 3.05) is 18.0 Å². The van der Waals surface area contributed by atoms with Gasteiger partial charge in [0.05, 0.1) is 0 Å². The Labute approximate surface area is 184 Å². The van der Waals surface area contributed by atoms with Crippen LogP contribution in [0.3, 0.4) is 0 Å². The van der Waals surface area contributed by atoms with Gasteiger partial charge in [-0.15, -0.1) is 15.3 Å². The summed E-state index contributed by atoms with van der Waals surface area (Å²) in [5, 5.41) is 17.0. The maximum Gasteiger partial charge on any atom is 0.251 e. The summed E-state index contributed by atoms with van der Waals surface area (Å²) in [6.45, 7) is 1.61. The number of benzene rings is 2. The minimum atomic E-state index is -0.0857. The average molecular weight is 433 g/mol. The summed E-state index contributed by atoms with van der Waals surface area (Å²) in [7, 11) is 0. The SMILES string of the molecule is O=C(NC1CCN(c2ccc3nnc(-c4ccccc4)n3n2)CC1)c1cccc(Cl)c1. The second-order valence-corrected chi connectivity index (χ2v) is 8.03. The second kappa shape index (κ2) is 8.35. The van der Waals surface area contributed by atoms with E-state index in [1.165, 1.54) is 0 Å². The Bertz CT molecular complexity index is 1220. The van der Waals surface area contributed by atoms with E-state index in [4.69, 9.17) is 16.7 Å². The molecule has 2 aromatic carbocycles. The van der Waals surface area contributed by atoms with E-state index in [9.17, 15) is 4.79 Å². The second-order valence-electron chi connectivity index (χ2n) is 7.60. The van der Waals surface area contributed by atoms with E-state index in [1.54, 1.807) is 28.8 Å². The third-order valence-electron chi connectivity index (χ3n) is 5.52. The molecule has 2 aromatic heterocycles. The smallest absolute Gasteiger partial charge is 0.251 e. The number of piperidine rings is 1. The molecule has 1 fully saturated rings. The van der Waals surface area contributed by atoms with E-state index < -0.39 is 0 Å². The van der Waals surface area contributed by atoms with Gasteiger partial charge in [0.2, 0.25) is 0 Å². The maximum absolute atomic E-state index is 12.5. The molecule has 0 radical (unpaired) electrons. The summed E-state index contributed by atoms with van der Waals surface area (Å²) >= 11 is 6.00. The normalized spacial score (nSPS) is 14.7. The Balaban J connectivity index is 1.28. The number of fused-ring (bicyclic) bond motifs is 1. The Morgan fingerprint density at radius 3 is 2.55 bits per heavy atom. The zero-order valence-corrected chi connectivity index (χ0v) is 17.5. The van der Waals surface area contributed by atoms with Crippen LogP contribution in [0.5, 0.6) is 0 Å². The molecule has 1 aliphatic rings. The largest absolute Gasteiger partial charge is 0.355 e. The van der Waals surface area contributed by atoms with Gasteiger partial charge in [0.1, 0.15) is 5.82 Å². The first-order valence-corrected chi connectivity index (χ1v) is 10.6. The number of rotatable bonds is 4. The van der Waals surface area contributed by atoms with Crippen molar-refractivity contribution in [2.24, 2.45) is 0 Å². The average Bonchev–Trinajstić information content (AvgIpc) is 3.23. The molecule has 0 aliphatic carbocycles. The molecule has 0 bridgehead atoms. The summed E-state index contributed by atoms with van der Waals surface area (Å²) in [4.78, 5) is 14.7. The van der Waals surface area contributed by atoms with E-state index in [-0.39, 0.29) is 11.9 Å². The number of anilines is 1. The van der Waals surface area contributed by atoms with Crippen LogP contribution in [-0.2, 0) is 0 Å². The number of amides is 1. The lowest BCUT2D eigenvalue weighted by Gasteiger charge is -2.33. The van der Waals surface area contributed by atoms with Crippen molar-refractivity contribution in [3.05, 3.63) is 77.3 Å². The van der Waals surface area contributed by atoms with Gasteiger partial charge in [0.15, 0.2) is 11.5 Å². The molecule has 1 saturated heterocycles. The van der Waals surface area contributed by atoms with Crippen molar-refractivity contribution in [3.8, 4) is 11.4 Å². The van der Waals surface area contributed by atoms with Crippen molar-refractivity contribution in [1.29, 1.82) is 0 Å². The fraction of sp³-hybridized carbons (Fsp3) is 0.217. The molecule has 31 heavy (non-hydrogen) atoms. The lowest BCUT2D eigenvalue weighted by atomic mass is 10.0. The van der Waals surface area contributed by atoms with Gasteiger partial charge >= 0.3 is 0 Å². The third-order valence-corrected chi connectivity index (χ3v) is 5.76. The van der Waals surface area contributed by atoms with Crippen LogP contribution in [0.2, 0.25) is 5.02 Å². The van der Waals surface area contributed by atoms with Crippen LogP contribution in [0.4, 0.5) is 5.82 Å². The number of carbonyl (C=O) groups excluding carboxylic acids is 1. The molecule has 0 unspecified atom stereocenters. The molecule has 1 N–H and O–H groups in total. The molecular formula is C23H21ClN6O. The minimum Gasteiger partial charge on any atom is -0.355 e. The molecule has 1 aliphatic heterocycles. The van der Waals surface area contributed by atoms with E-state index in [0.717, 1.165) is 43.1 Å². The third kappa shape index (κ3) is 4.09. The van der Waals surface area contributed by atoms with Crippen LogP contribution in [0.1, 0.15) is 23.2 Å². The topological polar surface area (TPSA) is 75.4 Å². The van der Waals surface area contributed by atoms with Crippen LogP contribution < -0.4 is 10.2 Å². The number of carbonyl (C=O) groups is 1. The van der Waals surface area contributed by atoms with Gasteiger partial charge in [0.25, 0.3) is 5.91 Å². The number of hydrogen-bond acceptors (Lipinski definition) is 5. The minimum absolute atomic E-state index is 0.0857. The molecule has 3 heterocycles. The highest BCUT2D eigenvalue weighted by Gasteiger charge is 2.23. The van der Waals surface area contributed by atoms with Crippen molar-refractivity contribution in [3.63, 3.8) is 0 Å². The van der Waals surface area contributed by atoms with Gasteiger partial charge < -0.3 is 10.2 Å². The van der Waals surface area contributed by atoms with Crippen LogP contribution in [0.25, 0.3) is 17.0 Å². The molecular weight excluding hydrogens is 412 g/mol. The number of halogens is 1. The van der Waals surface area contributed by atoms with Crippen LogP contribution in [0.15, 0.2) is 66.7 Å². The Kier molecular flexibility index (Phi) is 5.26. The first-order valence-electron chi connectivity index (χ1n) is 10.3. The molecule has 4 aromatic rings. The standard InChI is InChI=1S/C23H21ClN6O/c24-18-8-4-7-17(15-18)23(31)25-19-11-13-29(14-12-19)21-10-9-20-26-27-22(30(20)28-21)16-5-2-1-3-6-16/h1-10,15,19H,11-14H2,(H,25,31). The molecule has 156 valence electrons. The summed E-state index contributed by atoms with van der Waals surface area (Å²) in [5.41, 5.74) is 2.27. The van der Waals surface area contributed by atoms with Gasteiger partial charge in [-0.1, -0.05) is 48.0 Å². The highest BCUT2D eigenvalue weighted by atomic mass is 35.5. The van der Waals surface area contributed by atoms with Gasteiger partial charge in [-0.25, -0.2) is 0 Å². The summed E-state index contributed by atoms with van der Waals surface area (Å²) in [6.07, 6.45) is 1.69. The Hall–Kier alpha value is -3.45. The lowest BCUT2D eigenvalue weighted by Crippen LogP contribution is -2.45. The van der Waals surface area contributed by atoms with E-state index >= 15 is 0 Å². The van der Waals surface area contributed by atoms with Gasteiger partial charge in [0, 0.05) is 35.3 Å². The molecule has 1 amide bonds. The van der Waals surface area contributed by atoms with Crippen molar-refractivity contribution < 1.29 is 4.79 Å². The predicted molar refractivity (Wildman–Crippen MR) is 120 cm³/mol. The van der Waals surface area contributed by atoms with Gasteiger partial charge in [-0.2, -0.15) is 4.52 Å². The molecule has 5 rings (SSSR count). The van der Waals surface area contributed by atoms with Gasteiger partial charge in [-0.3, -0.25) is 4.79 Å². The van der Waals surface area contributed by atoms with Crippen molar-refractivity contribution in [2.45, 2.75) is 18.9 Å². The number of nitrogens with one attached hydrogen (secondary N) is 1. The van der Waals surface area contributed by atoms with E-state index in [2.05, 4.69) is 20.4 Å². The summed E-state index contributed by atoms with van der Waals surface area (Å²) in [6, 6.07) is 21.0. The number of aromatic nitrogens is 4. The summed E-state index contributed by atoms with van der Waals surface area (Å²) in [5.74, 6) is 1.52. The molecule has 0 spiro atoms. The van der Waals surface area contributed by atoms with Crippen molar-refractivity contribution in [1.82, 2.24) is 25.1 Å². The zero-order chi connectivity index (χ0) is 21.2. The van der Waals surface area contributed by atoms with Crippen LogP contribution in [-0.4, -0.2) is 44.8 Å².